The van der Waals surface area contributed by atoms with Gasteiger partial charge in [-0.15, -0.1) is 0 Å². The minimum Gasteiger partial charge on any atom is -0.472 e. The number of primary amides is 1. The van der Waals surface area contributed by atoms with Gasteiger partial charge in [-0.1, -0.05) is 0 Å². The van der Waals surface area contributed by atoms with E-state index in [1.807, 2.05) is 0 Å². The number of pyridine rings is 1. The van der Waals surface area contributed by atoms with Crippen molar-refractivity contribution in [2.45, 2.75) is 18.9 Å². The van der Waals surface area contributed by atoms with Crippen LogP contribution >= 0.6 is 0 Å². The molecule has 1 aromatic rings. The zero-order chi connectivity index (χ0) is 11.4. The summed E-state index contributed by atoms with van der Waals surface area (Å²) in [5, 5.41) is 3.23. The first-order valence-corrected chi connectivity index (χ1v) is 5.39. The molecule has 1 saturated heterocycles. The van der Waals surface area contributed by atoms with Crippen molar-refractivity contribution in [1.82, 2.24) is 10.3 Å². The van der Waals surface area contributed by atoms with Crippen molar-refractivity contribution in [2.75, 3.05) is 13.1 Å². The number of rotatable bonds is 3. The molecule has 0 radical (unpaired) electrons. The largest absolute Gasteiger partial charge is 0.472 e. The molecule has 1 aliphatic heterocycles. The molecule has 0 spiro atoms. The lowest BCUT2D eigenvalue weighted by molar-refractivity contribution is 0.0987. The number of carbonyl (C=O) groups is 1. The average molecular weight is 221 g/mol. The van der Waals surface area contributed by atoms with Crippen LogP contribution in [0.15, 0.2) is 18.3 Å². The Labute approximate surface area is 94.0 Å². The fraction of sp³-hybridized carbons (Fsp3) is 0.455. The topological polar surface area (TPSA) is 77.2 Å². The van der Waals surface area contributed by atoms with E-state index in [2.05, 4.69) is 10.3 Å². The van der Waals surface area contributed by atoms with Crippen LogP contribution in [0, 0.1) is 0 Å². The average Bonchev–Trinajstić information content (AvgIpc) is 2.31. The van der Waals surface area contributed by atoms with Gasteiger partial charge in [0.2, 0.25) is 5.88 Å². The Balaban J connectivity index is 2.10. The maximum Gasteiger partial charge on any atom is 0.254 e. The molecule has 1 aromatic heterocycles. The van der Waals surface area contributed by atoms with E-state index in [0.717, 1.165) is 25.9 Å². The van der Waals surface area contributed by atoms with Crippen LogP contribution in [0.3, 0.4) is 0 Å². The number of piperidine rings is 1. The standard InChI is InChI=1S/C11H15N3O2/c12-10(15)9-4-2-6-14-11(9)16-8-3-1-5-13-7-8/h2,4,6,8,13H,1,3,5,7H2,(H2,12,15). The fourth-order valence-corrected chi connectivity index (χ4v) is 1.75. The molecular weight excluding hydrogens is 206 g/mol. The van der Waals surface area contributed by atoms with Crippen LogP contribution in [-0.2, 0) is 0 Å². The van der Waals surface area contributed by atoms with Gasteiger partial charge in [0, 0.05) is 12.7 Å². The number of nitrogens with one attached hydrogen (secondary N) is 1. The van der Waals surface area contributed by atoms with Crippen LogP contribution in [0.4, 0.5) is 0 Å². The summed E-state index contributed by atoms with van der Waals surface area (Å²) in [7, 11) is 0. The van der Waals surface area contributed by atoms with Crippen LogP contribution in [0.25, 0.3) is 0 Å². The van der Waals surface area contributed by atoms with E-state index in [9.17, 15) is 4.79 Å². The monoisotopic (exact) mass is 221 g/mol. The molecule has 1 aliphatic rings. The zero-order valence-corrected chi connectivity index (χ0v) is 8.98. The number of hydrogen-bond acceptors (Lipinski definition) is 4. The van der Waals surface area contributed by atoms with Crippen LogP contribution in [0.2, 0.25) is 0 Å². The molecule has 0 aromatic carbocycles. The summed E-state index contributed by atoms with van der Waals surface area (Å²) in [6, 6.07) is 3.30. The first kappa shape index (κ1) is 10.9. The van der Waals surface area contributed by atoms with Gasteiger partial charge in [0.15, 0.2) is 0 Å². The summed E-state index contributed by atoms with van der Waals surface area (Å²) < 4.78 is 5.67. The van der Waals surface area contributed by atoms with Crippen molar-refractivity contribution >= 4 is 5.91 Å². The van der Waals surface area contributed by atoms with Crippen molar-refractivity contribution in [3.63, 3.8) is 0 Å². The van der Waals surface area contributed by atoms with Gasteiger partial charge in [0.05, 0.1) is 0 Å². The highest BCUT2D eigenvalue weighted by atomic mass is 16.5. The molecule has 5 heteroatoms. The number of aromatic nitrogens is 1. The SMILES string of the molecule is NC(=O)c1cccnc1OC1CCCNC1. The number of nitrogens with zero attached hydrogens (tertiary/aromatic N) is 1. The highest BCUT2D eigenvalue weighted by Gasteiger charge is 2.18. The van der Waals surface area contributed by atoms with Crippen molar-refractivity contribution in [2.24, 2.45) is 5.73 Å². The first-order chi connectivity index (χ1) is 7.77. The van der Waals surface area contributed by atoms with Gasteiger partial charge in [-0.2, -0.15) is 0 Å². The number of ether oxygens (including phenoxy) is 1. The van der Waals surface area contributed by atoms with Gasteiger partial charge in [0.25, 0.3) is 5.91 Å². The molecule has 2 rings (SSSR count). The Morgan fingerprint density at radius 3 is 3.19 bits per heavy atom. The molecule has 1 atom stereocenters. The molecule has 0 bridgehead atoms. The van der Waals surface area contributed by atoms with Gasteiger partial charge in [-0.05, 0) is 31.5 Å². The summed E-state index contributed by atoms with van der Waals surface area (Å²) in [6.07, 6.45) is 3.71. The quantitative estimate of drug-likeness (QED) is 0.770. The molecule has 1 fully saturated rings. The van der Waals surface area contributed by atoms with Crippen LogP contribution in [-0.4, -0.2) is 30.1 Å². The number of nitrogens with two attached hydrogens (primary N) is 1. The Morgan fingerprint density at radius 1 is 1.62 bits per heavy atom. The lowest BCUT2D eigenvalue weighted by Crippen LogP contribution is -2.37. The van der Waals surface area contributed by atoms with Gasteiger partial charge in [0.1, 0.15) is 11.7 Å². The Hall–Kier alpha value is -1.62. The fourth-order valence-electron chi connectivity index (χ4n) is 1.75. The predicted octanol–water partition coefficient (Wildman–Crippen LogP) is 0.311. The normalized spacial score (nSPS) is 20.4. The van der Waals surface area contributed by atoms with Gasteiger partial charge < -0.3 is 15.8 Å². The van der Waals surface area contributed by atoms with Crippen LogP contribution in [0.1, 0.15) is 23.2 Å². The number of carbonyl (C=O) groups excluding carboxylic acids is 1. The van der Waals surface area contributed by atoms with Gasteiger partial charge >= 0.3 is 0 Å². The van der Waals surface area contributed by atoms with E-state index >= 15 is 0 Å². The minimum atomic E-state index is -0.508. The smallest absolute Gasteiger partial charge is 0.254 e. The molecule has 86 valence electrons. The highest BCUT2D eigenvalue weighted by molar-refractivity contribution is 5.94. The lowest BCUT2D eigenvalue weighted by atomic mass is 10.1. The van der Waals surface area contributed by atoms with E-state index in [4.69, 9.17) is 10.5 Å². The second-order valence-corrected chi connectivity index (χ2v) is 3.81. The third-order valence-electron chi connectivity index (χ3n) is 2.57. The predicted molar refractivity (Wildman–Crippen MR) is 59.3 cm³/mol. The van der Waals surface area contributed by atoms with Crippen molar-refractivity contribution in [1.29, 1.82) is 0 Å². The summed E-state index contributed by atoms with van der Waals surface area (Å²) >= 11 is 0. The van der Waals surface area contributed by atoms with E-state index in [1.165, 1.54) is 0 Å². The molecule has 16 heavy (non-hydrogen) atoms. The van der Waals surface area contributed by atoms with Crippen molar-refractivity contribution < 1.29 is 9.53 Å². The lowest BCUT2D eigenvalue weighted by Gasteiger charge is -2.23. The maximum atomic E-state index is 11.2. The minimum absolute atomic E-state index is 0.0711. The summed E-state index contributed by atoms with van der Waals surface area (Å²) in [4.78, 5) is 15.2. The number of amides is 1. The van der Waals surface area contributed by atoms with Crippen molar-refractivity contribution in [3.8, 4) is 5.88 Å². The van der Waals surface area contributed by atoms with E-state index < -0.39 is 5.91 Å². The third-order valence-corrected chi connectivity index (χ3v) is 2.57. The maximum absolute atomic E-state index is 11.2. The second-order valence-electron chi connectivity index (χ2n) is 3.81. The zero-order valence-electron chi connectivity index (χ0n) is 8.98. The van der Waals surface area contributed by atoms with Crippen LogP contribution in [0.5, 0.6) is 5.88 Å². The summed E-state index contributed by atoms with van der Waals surface area (Å²) in [5.41, 5.74) is 5.59. The molecule has 1 amide bonds. The molecule has 2 heterocycles. The molecule has 3 N–H and O–H groups in total. The summed E-state index contributed by atoms with van der Waals surface area (Å²) in [6.45, 7) is 1.81. The third kappa shape index (κ3) is 2.49. The first-order valence-electron chi connectivity index (χ1n) is 5.39. The second kappa shape index (κ2) is 4.94. The molecule has 5 nitrogen and oxygen atoms in total. The summed E-state index contributed by atoms with van der Waals surface area (Å²) in [5.74, 6) is -0.171. The Kier molecular flexibility index (Phi) is 3.36. The van der Waals surface area contributed by atoms with Crippen LogP contribution < -0.4 is 15.8 Å². The van der Waals surface area contributed by atoms with E-state index in [-0.39, 0.29) is 6.10 Å². The Morgan fingerprint density at radius 2 is 2.50 bits per heavy atom. The van der Waals surface area contributed by atoms with E-state index in [0.29, 0.717) is 11.4 Å². The highest BCUT2D eigenvalue weighted by Crippen LogP contribution is 2.17. The van der Waals surface area contributed by atoms with Gasteiger partial charge in [-0.3, -0.25) is 4.79 Å². The molecular formula is C11H15N3O2. The van der Waals surface area contributed by atoms with Crippen molar-refractivity contribution in [3.05, 3.63) is 23.9 Å². The number of hydrogen-bond donors (Lipinski definition) is 2. The Bertz CT molecular complexity index is 375. The van der Waals surface area contributed by atoms with Gasteiger partial charge in [-0.25, -0.2) is 4.98 Å². The molecule has 0 aliphatic carbocycles. The molecule has 0 saturated carbocycles. The molecule has 1 unspecified atom stereocenters. The van der Waals surface area contributed by atoms with E-state index in [1.54, 1.807) is 18.3 Å².